The Balaban J connectivity index is 1.39. The molecule has 0 saturated carbocycles. The number of hydrogen-bond acceptors (Lipinski definition) is 3. The summed E-state index contributed by atoms with van der Waals surface area (Å²) in [7, 11) is 0. The molecular weight excluding hydrogens is 504 g/mol. The van der Waals surface area contributed by atoms with Crippen molar-refractivity contribution >= 4 is 50.9 Å². The van der Waals surface area contributed by atoms with Crippen LogP contribution in [0.2, 0.25) is 5.02 Å². The zero-order valence-corrected chi connectivity index (χ0v) is 19.6. The number of halogens is 2. The first-order valence-corrected chi connectivity index (χ1v) is 11.9. The Morgan fingerprint density at radius 2 is 1.58 bits per heavy atom. The van der Waals surface area contributed by atoms with E-state index < -0.39 is 22.1 Å². The zero-order chi connectivity index (χ0) is 22.9. The quantitative estimate of drug-likeness (QED) is 0.402. The van der Waals surface area contributed by atoms with Crippen molar-refractivity contribution in [3.8, 4) is 0 Å². The van der Waals surface area contributed by atoms with E-state index in [-0.39, 0.29) is 24.3 Å². The fraction of sp³-hybridized carbons (Fsp3) is 0.192. The summed E-state index contributed by atoms with van der Waals surface area (Å²) in [6.45, 7) is -0.334. The lowest BCUT2D eigenvalue weighted by Gasteiger charge is -2.51. The van der Waals surface area contributed by atoms with Crippen molar-refractivity contribution in [1.29, 1.82) is 0 Å². The van der Waals surface area contributed by atoms with Gasteiger partial charge in [-0.25, -0.2) is 0 Å². The van der Waals surface area contributed by atoms with Gasteiger partial charge in [-0.2, -0.15) is 0 Å². The van der Waals surface area contributed by atoms with Gasteiger partial charge in [0.25, 0.3) is 0 Å². The van der Waals surface area contributed by atoms with Gasteiger partial charge in [0.1, 0.15) is 6.54 Å². The summed E-state index contributed by atoms with van der Waals surface area (Å²) in [4.78, 5) is 41.2. The molecule has 0 aromatic heterocycles. The fourth-order valence-electron chi connectivity index (χ4n) is 5.81. The zero-order valence-electron chi connectivity index (χ0n) is 17.3. The van der Waals surface area contributed by atoms with Crippen LogP contribution < -0.4 is 5.32 Å². The van der Waals surface area contributed by atoms with E-state index in [4.69, 9.17) is 11.6 Å². The van der Waals surface area contributed by atoms with Crippen molar-refractivity contribution in [3.05, 3.63) is 100 Å². The first-order chi connectivity index (χ1) is 15.9. The fourth-order valence-corrected chi connectivity index (χ4v) is 7.20. The number of nitrogens with zero attached hydrogens (tertiary/aromatic N) is 1. The normalized spacial score (nSPS) is 26.6. The summed E-state index contributed by atoms with van der Waals surface area (Å²) in [5.41, 5.74) is 4.66. The molecule has 33 heavy (non-hydrogen) atoms. The second-order valence-electron chi connectivity index (χ2n) is 8.69. The van der Waals surface area contributed by atoms with Crippen molar-refractivity contribution in [3.63, 3.8) is 0 Å². The molecule has 3 amide bonds. The third-order valence-corrected chi connectivity index (χ3v) is 8.60. The summed E-state index contributed by atoms with van der Waals surface area (Å²) < 4.78 is -0.815. The lowest BCUT2D eigenvalue weighted by Crippen LogP contribution is -2.50. The smallest absolute Gasteiger partial charge is 0.244 e. The van der Waals surface area contributed by atoms with Gasteiger partial charge in [-0.05, 0) is 40.5 Å². The molecule has 0 unspecified atom stereocenters. The van der Waals surface area contributed by atoms with E-state index in [0.29, 0.717) is 10.7 Å². The van der Waals surface area contributed by atoms with E-state index in [1.165, 1.54) is 0 Å². The Kier molecular flexibility index (Phi) is 4.55. The molecule has 2 atom stereocenters. The highest BCUT2D eigenvalue weighted by Crippen LogP contribution is 2.66. The van der Waals surface area contributed by atoms with Crippen LogP contribution in [0.15, 0.2) is 72.8 Å². The maximum absolute atomic E-state index is 13.7. The number of benzene rings is 3. The highest BCUT2D eigenvalue weighted by atomic mass is 79.9. The molecule has 164 valence electrons. The third kappa shape index (κ3) is 2.80. The van der Waals surface area contributed by atoms with E-state index >= 15 is 0 Å². The molecule has 1 aliphatic heterocycles. The van der Waals surface area contributed by atoms with E-state index in [9.17, 15) is 14.4 Å². The molecular formula is C26H18BrClN2O3. The maximum Gasteiger partial charge on any atom is 0.244 e. The average Bonchev–Trinajstić information content (AvgIpc) is 3.06. The number of anilines is 1. The molecule has 5 nitrogen and oxygen atoms in total. The number of imide groups is 1. The molecule has 4 aliphatic rings. The lowest BCUT2D eigenvalue weighted by atomic mass is 9.55. The summed E-state index contributed by atoms with van der Waals surface area (Å²) in [5.74, 6) is -2.46. The summed E-state index contributed by atoms with van der Waals surface area (Å²) in [6.07, 6.45) is 0. The number of hydrogen-bond donors (Lipinski definition) is 1. The summed E-state index contributed by atoms with van der Waals surface area (Å²) >= 11 is 9.94. The van der Waals surface area contributed by atoms with E-state index in [0.717, 1.165) is 27.2 Å². The Hall–Kier alpha value is -2.96. The van der Waals surface area contributed by atoms with Crippen LogP contribution in [-0.4, -0.2) is 29.2 Å². The monoisotopic (exact) mass is 520 g/mol. The predicted octanol–water partition coefficient (Wildman–Crippen LogP) is 4.68. The standard InChI is InChI=1S/C26H18BrClN2O3/c27-26-18-10-3-1-8-16(18)21(17-9-2-4-11-19(17)26)22-23(26)25(33)30(24(22)32)13-20(31)29-15-7-5-6-14(28)12-15/h1-12,21-23H,13H2,(H,29,31)/t21?,22-,23+,26?/m0/s1. The largest absolute Gasteiger partial charge is 0.324 e. The van der Waals surface area contributed by atoms with E-state index in [1.54, 1.807) is 24.3 Å². The molecule has 7 rings (SSSR count). The lowest BCUT2D eigenvalue weighted by molar-refractivity contribution is -0.142. The van der Waals surface area contributed by atoms with Crippen LogP contribution in [0.5, 0.6) is 0 Å². The summed E-state index contributed by atoms with van der Waals surface area (Å²) in [6, 6.07) is 22.7. The molecule has 1 heterocycles. The van der Waals surface area contributed by atoms with Gasteiger partial charge in [0, 0.05) is 16.6 Å². The molecule has 3 aliphatic carbocycles. The minimum Gasteiger partial charge on any atom is -0.324 e. The molecule has 0 spiro atoms. The van der Waals surface area contributed by atoms with Crippen molar-refractivity contribution < 1.29 is 14.4 Å². The molecule has 3 aromatic carbocycles. The van der Waals surface area contributed by atoms with Crippen LogP contribution in [0, 0.1) is 11.8 Å². The first kappa shape index (κ1) is 20.6. The van der Waals surface area contributed by atoms with Crippen LogP contribution >= 0.6 is 27.5 Å². The Labute approximate surface area is 203 Å². The van der Waals surface area contributed by atoms with Crippen LogP contribution in [-0.2, 0) is 18.7 Å². The maximum atomic E-state index is 13.7. The first-order valence-electron chi connectivity index (χ1n) is 10.7. The van der Waals surface area contributed by atoms with Crippen LogP contribution in [0.4, 0.5) is 5.69 Å². The molecule has 1 fully saturated rings. The van der Waals surface area contributed by atoms with Crippen LogP contribution in [0.1, 0.15) is 28.2 Å². The number of alkyl halides is 1. The van der Waals surface area contributed by atoms with Crippen molar-refractivity contribution in [2.75, 3.05) is 11.9 Å². The van der Waals surface area contributed by atoms with Gasteiger partial charge in [0.15, 0.2) is 0 Å². The number of rotatable bonds is 3. The number of likely N-dealkylation sites (tertiary alicyclic amines) is 1. The van der Waals surface area contributed by atoms with Gasteiger partial charge < -0.3 is 5.32 Å². The van der Waals surface area contributed by atoms with Gasteiger partial charge in [-0.1, -0.05) is 82.1 Å². The summed E-state index contributed by atoms with van der Waals surface area (Å²) in [5, 5.41) is 3.22. The van der Waals surface area contributed by atoms with Gasteiger partial charge in [-0.15, -0.1) is 0 Å². The molecule has 3 aromatic rings. The molecule has 2 bridgehead atoms. The Morgan fingerprint density at radius 1 is 0.939 bits per heavy atom. The van der Waals surface area contributed by atoms with Gasteiger partial charge in [0.2, 0.25) is 17.7 Å². The predicted molar refractivity (Wildman–Crippen MR) is 128 cm³/mol. The van der Waals surface area contributed by atoms with E-state index in [1.807, 2.05) is 48.5 Å². The minimum atomic E-state index is -0.815. The molecule has 0 radical (unpaired) electrons. The average molecular weight is 522 g/mol. The van der Waals surface area contributed by atoms with Crippen molar-refractivity contribution in [1.82, 2.24) is 4.90 Å². The number of carbonyl (C=O) groups excluding carboxylic acids is 3. The highest BCUT2D eigenvalue weighted by molar-refractivity contribution is 9.09. The van der Waals surface area contributed by atoms with Gasteiger partial charge >= 0.3 is 0 Å². The van der Waals surface area contributed by atoms with Crippen LogP contribution in [0.25, 0.3) is 0 Å². The van der Waals surface area contributed by atoms with Crippen molar-refractivity contribution in [2.45, 2.75) is 10.2 Å². The topological polar surface area (TPSA) is 66.5 Å². The van der Waals surface area contributed by atoms with Gasteiger partial charge in [-0.3, -0.25) is 19.3 Å². The highest BCUT2D eigenvalue weighted by Gasteiger charge is 2.67. The SMILES string of the molecule is O=C(CN1C(=O)[C@H]2C3c4ccccc4C(Br)(c4ccccc43)[C@H]2C1=O)Nc1cccc(Cl)c1. The Morgan fingerprint density at radius 3 is 2.21 bits per heavy atom. The molecule has 1 saturated heterocycles. The van der Waals surface area contributed by atoms with Crippen LogP contribution in [0.3, 0.4) is 0 Å². The van der Waals surface area contributed by atoms with E-state index in [2.05, 4.69) is 21.2 Å². The molecule has 7 heteroatoms. The number of nitrogens with one attached hydrogen (secondary N) is 1. The Bertz CT molecular complexity index is 1310. The third-order valence-electron chi connectivity index (χ3n) is 7.02. The number of carbonyl (C=O) groups is 3. The van der Waals surface area contributed by atoms with Gasteiger partial charge in [0.05, 0.1) is 16.2 Å². The minimum absolute atomic E-state index is 0.223. The second kappa shape index (κ2) is 7.27. The number of amides is 3. The second-order valence-corrected chi connectivity index (χ2v) is 10.4. The molecule has 1 N–H and O–H groups in total. The van der Waals surface area contributed by atoms with Crippen molar-refractivity contribution in [2.24, 2.45) is 11.8 Å².